The largest absolute Gasteiger partial charge is 0.598 e. The maximum Gasteiger partial charge on any atom is 0.248 e. The van der Waals surface area contributed by atoms with Gasteiger partial charge in [-0.05, 0) is 68.2 Å². The van der Waals surface area contributed by atoms with Gasteiger partial charge in [-0.15, -0.1) is 0 Å². The van der Waals surface area contributed by atoms with E-state index in [0.29, 0.717) is 24.5 Å². The normalized spacial score (nSPS) is 17.4. The van der Waals surface area contributed by atoms with Gasteiger partial charge in [0.05, 0.1) is 29.7 Å². The summed E-state index contributed by atoms with van der Waals surface area (Å²) in [5.41, 5.74) is 4.03. The topological polar surface area (TPSA) is 102 Å². The molecule has 3 aromatic heterocycles. The van der Waals surface area contributed by atoms with Crippen LogP contribution in [0.1, 0.15) is 71.2 Å². The van der Waals surface area contributed by atoms with E-state index in [1.807, 2.05) is 79.3 Å². The van der Waals surface area contributed by atoms with Crippen LogP contribution >= 0.6 is 0 Å². The third kappa shape index (κ3) is 6.91. The van der Waals surface area contributed by atoms with Gasteiger partial charge in [0, 0.05) is 53.2 Å². The molecule has 1 aliphatic carbocycles. The third-order valence-corrected chi connectivity index (χ3v) is 15.1. The highest BCUT2D eigenvalue weighted by Crippen LogP contribution is 2.51. The molecule has 2 N–H and O–H groups in total. The lowest BCUT2D eigenvalue weighted by Gasteiger charge is -2.42. The number of pyridine rings is 2. The zero-order chi connectivity index (χ0) is 32.1. The second-order valence-corrected chi connectivity index (χ2v) is 20.7. The standard InChI is InChI=1S/C33H43F2N5O2SSi/c1-31(2,3)44(6,7)42-21-25-10-8-13-30(38-25)40-29-16-22(14-15-23(29)20-37-40)27-11-9-12-28(39-27)26(19-32(4,5)43(36)41)24-17-33(34,35)18-24/h8-16,20,24,26H,17-19,21,36H2,1-7H3/t26-,43+/m0/s1. The molecule has 7 nitrogen and oxygen atoms in total. The molecule has 0 aliphatic heterocycles. The summed E-state index contributed by atoms with van der Waals surface area (Å²) in [4.78, 5) is 9.84. The second kappa shape index (κ2) is 11.9. The van der Waals surface area contributed by atoms with Crippen molar-refractivity contribution in [3.63, 3.8) is 0 Å². The number of aromatic nitrogens is 4. The monoisotopic (exact) mass is 639 g/mol. The molecule has 0 unspecified atom stereocenters. The van der Waals surface area contributed by atoms with E-state index in [0.717, 1.165) is 27.9 Å². The van der Waals surface area contributed by atoms with Crippen molar-refractivity contribution in [1.82, 2.24) is 19.7 Å². The average Bonchev–Trinajstić information content (AvgIpc) is 3.36. The van der Waals surface area contributed by atoms with E-state index in [4.69, 9.17) is 19.5 Å². The van der Waals surface area contributed by atoms with E-state index in [1.54, 1.807) is 0 Å². The van der Waals surface area contributed by atoms with Crippen LogP contribution in [0.4, 0.5) is 8.78 Å². The van der Waals surface area contributed by atoms with Crippen molar-refractivity contribution in [3.05, 3.63) is 72.2 Å². The molecular weight excluding hydrogens is 597 g/mol. The summed E-state index contributed by atoms with van der Waals surface area (Å²) >= 11 is -1.61. The Kier molecular flexibility index (Phi) is 8.84. The van der Waals surface area contributed by atoms with Gasteiger partial charge in [-0.2, -0.15) is 10.2 Å². The fraction of sp³-hybridized carbons (Fsp3) is 0.485. The van der Waals surface area contributed by atoms with Crippen LogP contribution in [0.5, 0.6) is 0 Å². The van der Waals surface area contributed by atoms with Gasteiger partial charge in [0.2, 0.25) is 5.92 Å². The lowest BCUT2D eigenvalue weighted by molar-refractivity contribution is -0.118. The van der Waals surface area contributed by atoms with Crippen LogP contribution in [0.15, 0.2) is 60.8 Å². The molecule has 1 aliphatic rings. The van der Waals surface area contributed by atoms with Gasteiger partial charge in [-0.1, -0.05) is 45.0 Å². The van der Waals surface area contributed by atoms with Crippen molar-refractivity contribution in [3.8, 4) is 17.1 Å². The number of rotatable bonds is 10. The fourth-order valence-electron chi connectivity index (χ4n) is 5.43. The molecule has 3 heterocycles. The molecular formula is C33H43F2N5O2SSi. The van der Waals surface area contributed by atoms with Gasteiger partial charge in [0.15, 0.2) is 14.1 Å². The smallest absolute Gasteiger partial charge is 0.248 e. The third-order valence-electron chi connectivity index (χ3n) is 9.36. The number of nitrogens with zero attached hydrogens (tertiary/aromatic N) is 4. The van der Waals surface area contributed by atoms with Crippen molar-refractivity contribution in [2.75, 3.05) is 0 Å². The summed E-state index contributed by atoms with van der Waals surface area (Å²) in [5, 5.41) is 11.5. The van der Waals surface area contributed by atoms with Crippen molar-refractivity contribution >= 4 is 30.6 Å². The first kappa shape index (κ1) is 32.7. The Morgan fingerprint density at radius 3 is 2.43 bits per heavy atom. The number of fused-ring (bicyclic) bond motifs is 1. The quantitative estimate of drug-likeness (QED) is 0.140. The van der Waals surface area contributed by atoms with Crippen molar-refractivity contribution in [1.29, 1.82) is 0 Å². The lowest BCUT2D eigenvalue weighted by atomic mass is 9.69. The molecule has 0 spiro atoms. The van der Waals surface area contributed by atoms with Crippen LogP contribution in [-0.4, -0.2) is 43.3 Å². The van der Waals surface area contributed by atoms with Crippen LogP contribution in [-0.2, 0) is 22.4 Å². The molecule has 1 saturated carbocycles. The van der Waals surface area contributed by atoms with E-state index in [1.165, 1.54) is 0 Å². The molecule has 2 atom stereocenters. The van der Waals surface area contributed by atoms with E-state index >= 15 is 0 Å². The van der Waals surface area contributed by atoms with Gasteiger partial charge >= 0.3 is 0 Å². The Morgan fingerprint density at radius 2 is 1.77 bits per heavy atom. The highest BCUT2D eigenvalue weighted by molar-refractivity contribution is 7.90. The van der Waals surface area contributed by atoms with Gasteiger partial charge in [0.25, 0.3) is 0 Å². The molecule has 4 aromatic rings. The first-order chi connectivity index (χ1) is 20.5. The minimum Gasteiger partial charge on any atom is -0.598 e. The highest BCUT2D eigenvalue weighted by atomic mass is 32.2. The van der Waals surface area contributed by atoms with Gasteiger partial charge in [-0.3, -0.25) is 4.98 Å². The Bertz CT molecular complexity index is 1630. The van der Waals surface area contributed by atoms with Gasteiger partial charge in [-0.25, -0.2) is 18.4 Å². The van der Waals surface area contributed by atoms with Gasteiger partial charge in [0.1, 0.15) is 4.75 Å². The maximum atomic E-state index is 13.9. The van der Waals surface area contributed by atoms with Gasteiger partial charge < -0.3 is 8.98 Å². The summed E-state index contributed by atoms with van der Waals surface area (Å²) in [6.07, 6.45) is 1.82. The molecule has 44 heavy (non-hydrogen) atoms. The van der Waals surface area contributed by atoms with Crippen LogP contribution in [0.3, 0.4) is 0 Å². The summed E-state index contributed by atoms with van der Waals surface area (Å²) < 4.78 is 47.6. The van der Waals surface area contributed by atoms with Crippen LogP contribution < -0.4 is 5.14 Å². The second-order valence-electron chi connectivity index (χ2n) is 14.2. The number of benzene rings is 1. The van der Waals surface area contributed by atoms with Crippen LogP contribution in [0.25, 0.3) is 28.0 Å². The Labute approximate surface area is 263 Å². The summed E-state index contributed by atoms with van der Waals surface area (Å²) in [6, 6.07) is 17.6. The number of nitrogens with two attached hydrogens (primary N) is 1. The number of hydrogen-bond acceptors (Lipinski definition) is 6. The molecule has 1 fully saturated rings. The van der Waals surface area contributed by atoms with E-state index in [2.05, 4.69) is 39.0 Å². The molecule has 236 valence electrons. The predicted octanol–water partition coefficient (Wildman–Crippen LogP) is 7.92. The fourth-order valence-corrected chi connectivity index (χ4v) is 6.72. The average molecular weight is 640 g/mol. The van der Waals surface area contributed by atoms with Crippen LogP contribution in [0, 0.1) is 5.92 Å². The molecule has 0 saturated heterocycles. The number of halogens is 2. The van der Waals surface area contributed by atoms with Crippen molar-refractivity contribution in [2.45, 2.75) is 95.2 Å². The van der Waals surface area contributed by atoms with E-state index in [-0.39, 0.29) is 29.7 Å². The summed E-state index contributed by atoms with van der Waals surface area (Å²) in [7, 11) is -1.93. The van der Waals surface area contributed by atoms with Crippen molar-refractivity contribution < 1.29 is 17.8 Å². The zero-order valence-electron chi connectivity index (χ0n) is 26.6. The Hall–Kier alpha value is -2.70. The molecule has 5 rings (SSSR count). The molecule has 11 heteroatoms. The predicted molar refractivity (Wildman–Crippen MR) is 176 cm³/mol. The minimum atomic E-state index is -2.67. The lowest BCUT2D eigenvalue weighted by Crippen LogP contribution is -2.44. The highest BCUT2D eigenvalue weighted by Gasteiger charge is 2.51. The first-order valence-corrected chi connectivity index (χ1v) is 19.2. The van der Waals surface area contributed by atoms with E-state index < -0.39 is 30.3 Å². The SMILES string of the molecule is CC(C)(C[C@H](c1cccc(-c2ccc3cnn(-c4cccc(CO[Si](C)(C)C(C)(C)C)n4)c3c2)n1)C1CC(F)(F)C1)[S@+](N)[O-]. The summed E-state index contributed by atoms with van der Waals surface area (Å²) in [6.45, 7) is 15.2. The summed E-state index contributed by atoms with van der Waals surface area (Å²) in [5.74, 6) is -2.51. The minimum absolute atomic E-state index is 0.104. The maximum absolute atomic E-state index is 13.9. The molecule has 1 aromatic carbocycles. The number of hydrogen-bond donors (Lipinski definition) is 1. The van der Waals surface area contributed by atoms with E-state index in [9.17, 15) is 13.3 Å². The Balaban J connectivity index is 1.45. The van der Waals surface area contributed by atoms with Crippen molar-refractivity contribution in [2.24, 2.45) is 11.1 Å². The Morgan fingerprint density at radius 1 is 1.07 bits per heavy atom. The molecule has 0 amide bonds. The zero-order valence-corrected chi connectivity index (χ0v) is 28.4. The molecule has 0 bridgehead atoms. The first-order valence-electron chi connectivity index (χ1n) is 15.1. The molecule has 0 radical (unpaired) electrons. The van der Waals surface area contributed by atoms with Crippen LogP contribution in [0.2, 0.25) is 18.1 Å². The number of alkyl halides is 2.